The first-order valence-electron chi connectivity index (χ1n) is 20.7. The van der Waals surface area contributed by atoms with Crippen LogP contribution in [0, 0.1) is 10.1 Å². The van der Waals surface area contributed by atoms with Crippen molar-refractivity contribution in [2.75, 3.05) is 32.1 Å². The fourth-order valence-corrected chi connectivity index (χ4v) is 8.37. The number of hydrogen-bond donors (Lipinski definition) is 7. The number of phenolic OH excluding ortho intramolecular Hbond substituents is 2. The third kappa shape index (κ3) is 9.82. The number of carbonyl (C=O) groups excluding carboxylic acids is 5. The molecule has 19 nitrogen and oxygen atoms in total. The molecule has 23 heteroatoms. The standard InChI is InChI=1S/C45H43F3N4O15.ClH/c1-20-37(54)27(49)16-32(66-20)67-30-18-44(61,17-25-34(30)41(58)36-35(39(25)56)38(55)24-5-3-6-29(64-2)33(24)40(36)57)31(53)19-65-43(60)22-9-7-21(8-10-22)42(59)51-14-4-13-50-23-11-12-28(52(62)63)26(15-23)45(46,47)48;/h3,5-12,15,20,27,30,32,37,50,54,56,58,61H,4,13-14,16-19,49H2,1-2H3,(H,51,59);1H/t20-,27-,30-,32-,37+,44-;/m0./s1. The quantitative estimate of drug-likeness (QED) is 0.0266. The maximum Gasteiger partial charge on any atom is 0.423 e. The van der Waals surface area contributed by atoms with Crippen LogP contribution >= 0.6 is 12.4 Å². The second-order valence-corrected chi connectivity index (χ2v) is 16.2. The highest BCUT2D eigenvalue weighted by molar-refractivity contribution is 6.31. The zero-order valence-electron chi connectivity index (χ0n) is 36.0. The van der Waals surface area contributed by atoms with Crippen LogP contribution in [0.4, 0.5) is 24.5 Å². The summed E-state index contributed by atoms with van der Waals surface area (Å²) in [5, 5.41) is 62.3. The Kier molecular flexibility index (Phi) is 14.8. The van der Waals surface area contributed by atoms with E-state index in [0.29, 0.717) is 6.07 Å². The molecule has 0 radical (unpaired) electrons. The number of Topliss-reactive ketones (excluding diaryl/α,β-unsaturated/α-hetero) is 1. The number of nitrogens with zero attached hydrogens (tertiary/aromatic N) is 1. The second kappa shape index (κ2) is 19.9. The smallest absolute Gasteiger partial charge is 0.423 e. The Morgan fingerprint density at radius 1 is 0.985 bits per heavy atom. The van der Waals surface area contributed by atoms with Gasteiger partial charge in [-0.1, -0.05) is 12.1 Å². The van der Waals surface area contributed by atoms with Crippen molar-refractivity contribution in [3.63, 3.8) is 0 Å². The van der Waals surface area contributed by atoms with Crippen LogP contribution in [0.1, 0.15) is 102 Å². The van der Waals surface area contributed by atoms with Crippen molar-refractivity contribution >= 4 is 53.0 Å². The molecule has 1 saturated heterocycles. The number of esters is 1. The van der Waals surface area contributed by atoms with Gasteiger partial charge in [0.1, 0.15) is 28.4 Å². The average Bonchev–Trinajstić information content (AvgIpc) is 3.29. The van der Waals surface area contributed by atoms with Gasteiger partial charge in [0.05, 0.1) is 52.6 Å². The number of carbonyl (C=O) groups is 5. The highest BCUT2D eigenvalue weighted by Crippen LogP contribution is 2.52. The van der Waals surface area contributed by atoms with E-state index in [9.17, 15) is 67.7 Å². The van der Waals surface area contributed by atoms with Gasteiger partial charge >= 0.3 is 12.1 Å². The van der Waals surface area contributed by atoms with Crippen LogP contribution in [-0.2, 0) is 31.6 Å². The number of nitro benzene ring substituents is 1. The number of aliphatic hydroxyl groups excluding tert-OH is 1. The number of nitrogens with one attached hydrogen (secondary N) is 2. The van der Waals surface area contributed by atoms with E-state index in [2.05, 4.69) is 10.6 Å². The molecule has 0 saturated carbocycles. The normalized spacial score (nSPS) is 21.9. The third-order valence-electron chi connectivity index (χ3n) is 11.8. The molecule has 8 N–H and O–H groups in total. The number of rotatable bonds is 14. The molecule has 7 rings (SSSR count). The van der Waals surface area contributed by atoms with Gasteiger partial charge in [0, 0.05) is 72.4 Å². The first-order chi connectivity index (χ1) is 31.6. The number of aromatic hydroxyl groups is 2. The predicted molar refractivity (Wildman–Crippen MR) is 232 cm³/mol. The third-order valence-corrected chi connectivity index (χ3v) is 11.8. The predicted octanol–water partition coefficient (Wildman–Crippen LogP) is 4.45. The van der Waals surface area contributed by atoms with Crippen molar-refractivity contribution in [1.82, 2.24) is 5.32 Å². The minimum absolute atomic E-state index is 0. The van der Waals surface area contributed by atoms with Gasteiger partial charge in [-0.05, 0) is 55.8 Å². The SMILES string of the molecule is COc1cccc2c1C(=O)c1c(O)c3c(c(O)c1C2=O)C[C@@](O)(C(=O)COC(=O)c1ccc(C(=O)NCCCNc2ccc([N+](=O)[O-])c(C(F)(F)F)c2)cc1)C[C@@H]3O[C@H]1C[C@H](N)[C@H](O)[C@H](C)O1.Cl. The number of methoxy groups -OCH3 is 1. The number of phenols is 2. The van der Waals surface area contributed by atoms with Gasteiger partial charge in [-0.25, -0.2) is 4.79 Å². The molecule has 1 aliphatic heterocycles. The first kappa shape index (κ1) is 50.7. The lowest BCUT2D eigenvalue weighted by Gasteiger charge is -2.42. The molecule has 362 valence electrons. The molecule has 4 aromatic carbocycles. The summed E-state index contributed by atoms with van der Waals surface area (Å²) < 4.78 is 62.4. The molecule has 0 unspecified atom stereocenters. The number of benzene rings is 4. The Labute approximate surface area is 389 Å². The Bertz CT molecular complexity index is 2670. The highest BCUT2D eigenvalue weighted by atomic mass is 35.5. The van der Waals surface area contributed by atoms with Gasteiger partial charge in [-0.3, -0.25) is 29.3 Å². The van der Waals surface area contributed by atoms with Crippen molar-refractivity contribution < 1.29 is 81.4 Å². The molecule has 0 bridgehead atoms. The molecule has 1 heterocycles. The van der Waals surface area contributed by atoms with Crippen molar-refractivity contribution in [1.29, 1.82) is 0 Å². The summed E-state index contributed by atoms with van der Waals surface area (Å²) in [6.45, 7) is 0.664. The minimum atomic E-state index is -4.95. The molecule has 68 heavy (non-hydrogen) atoms. The number of halogens is 4. The highest BCUT2D eigenvalue weighted by Gasteiger charge is 2.51. The summed E-state index contributed by atoms with van der Waals surface area (Å²) in [6.07, 6.45) is -10.8. The Morgan fingerprint density at radius 3 is 2.31 bits per heavy atom. The number of fused-ring (bicyclic) bond motifs is 3. The molecule has 6 atom stereocenters. The summed E-state index contributed by atoms with van der Waals surface area (Å²) in [6, 6.07) is 10.9. The van der Waals surface area contributed by atoms with E-state index in [-0.39, 0.29) is 83.2 Å². The molecular weight excluding hydrogens is 929 g/mol. The van der Waals surface area contributed by atoms with Crippen molar-refractivity contribution in [3.8, 4) is 17.2 Å². The lowest BCUT2D eigenvalue weighted by Crippen LogP contribution is -2.53. The van der Waals surface area contributed by atoms with E-state index >= 15 is 0 Å². The number of aliphatic hydroxyl groups is 2. The van der Waals surface area contributed by atoms with Crippen LogP contribution in [0.2, 0.25) is 0 Å². The van der Waals surface area contributed by atoms with E-state index in [1.54, 1.807) is 0 Å². The maximum absolute atomic E-state index is 14.0. The Hall–Kier alpha value is -6.69. The van der Waals surface area contributed by atoms with Gasteiger partial charge in [0.25, 0.3) is 11.6 Å². The molecule has 3 aliphatic rings. The van der Waals surface area contributed by atoms with E-state index in [4.69, 9.17) is 24.7 Å². The number of hydrogen-bond acceptors (Lipinski definition) is 17. The Morgan fingerprint density at radius 2 is 1.66 bits per heavy atom. The maximum atomic E-state index is 14.0. The number of ketones is 3. The van der Waals surface area contributed by atoms with Gasteiger partial charge < -0.3 is 55.7 Å². The number of ether oxygens (including phenoxy) is 4. The van der Waals surface area contributed by atoms with Crippen molar-refractivity contribution in [2.24, 2.45) is 5.73 Å². The lowest BCUT2D eigenvalue weighted by atomic mass is 9.72. The fourth-order valence-electron chi connectivity index (χ4n) is 8.37. The van der Waals surface area contributed by atoms with Crippen LogP contribution in [0.3, 0.4) is 0 Å². The molecule has 1 fully saturated rings. The topological polar surface area (TPSA) is 296 Å². The zero-order chi connectivity index (χ0) is 48.7. The molecule has 1 amide bonds. The van der Waals surface area contributed by atoms with Gasteiger partial charge in [-0.2, -0.15) is 13.2 Å². The summed E-state index contributed by atoms with van der Waals surface area (Å²) in [5.41, 5.74) is -0.886. The second-order valence-electron chi connectivity index (χ2n) is 16.2. The number of nitrogens with two attached hydrogens (primary N) is 1. The molecule has 2 aliphatic carbocycles. The summed E-state index contributed by atoms with van der Waals surface area (Å²) in [5.74, 6) is -5.97. The lowest BCUT2D eigenvalue weighted by molar-refractivity contribution is -0.388. The molecular formula is C45H44ClF3N4O15. The van der Waals surface area contributed by atoms with E-state index in [1.807, 2.05) is 0 Å². The largest absolute Gasteiger partial charge is 0.507 e. The van der Waals surface area contributed by atoms with Crippen LogP contribution < -0.4 is 21.1 Å². The van der Waals surface area contributed by atoms with Crippen LogP contribution in [0.5, 0.6) is 17.2 Å². The average molecular weight is 973 g/mol. The van der Waals surface area contributed by atoms with Crippen molar-refractivity contribution in [3.05, 3.63) is 121 Å². The Balaban J connectivity index is 0.00000761. The van der Waals surface area contributed by atoms with E-state index in [0.717, 1.165) is 12.1 Å². The van der Waals surface area contributed by atoms with Gasteiger partial charge in [0.15, 0.2) is 18.7 Å². The molecule has 4 aromatic rings. The zero-order valence-corrected chi connectivity index (χ0v) is 36.8. The summed E-state index contributed by atoms with van der Waals surface area (Å²) in [7, 11) is 1.28. The molecule has 0 aromatic heterocycles. The monoisotopic (exact) mass is 972 g/mol. The van der Waals surface area contributed by atoms with Crippen LogP contribution in [0.25, 0.3) is 0 Å². The number of anilines is 1. The van der Waals surface area contributed by atoms with E-state index < -0.39 is 130 Å². The number of nitro groups is 1. The number of alkyl halides is 3. The minimum Gasteiger partial charge on any atom is -0.507 e. The molecule has 0 spiro atoms. The van der Waals surface area contributed by atoms with Gasteiger partial charge in [0.2, 0.25) is 11.6 Å². The summed E-state index contributed by atoms with van der Waals surface area (Å²) >= 11 is 0. The fraction of sp³-hybridized carbons (Fsp3) is 0.356. The van der Waals surface area contributed by atoms with Crippen LogP contribution in [0.15, 0.2) is 60.7 Å². The van der Waals surface area contributed by atoms with Gasteiger partial charge in [-0.15, -0.1) is 12.4 Å². The first-order valence-corrected chi connectivity index (χ1v) is 20.7. The summed E-state index contributed by atoms with van der Waals surface area (Å²) in [4.78, 5) is 77.5. The van der Waals surface area contributed by atoms with E-state index in [1.165, 1.54) is 56.5 Å². The van der Waals surface area contributed by atoms with Crippen molar-refractivity contribution in [2.45, 2.75) is 75.0 Å². The van der Waals surface area contributed by atoms with Crippen LogP contribution in [-0.4, -0.2) is 112 Å². The number of amides is 1.